The second-order valence-electron chi connectivity index (χ2n) is 3.86. The summed E-state index contributed by atoms with van der Waals surface area (Å²) in [5.74, 6) is 0. The number of nitrogens with zero attached hydrogens (tertiary/aromatic N) is 2. The molecule has 90 valence electrons. The van der Waals surface area contributed by atoms with Gasteiger partial charge in [-0.05, 0) is 23.8 Å². The van der Waals surface area contributed by atoms with Crippen molar-refractivity contribution in [2.75, 3.05) is 0 Å². The Bertz CT molecular complexity index is 508. The summed E-state index contributed by atoms with van der Waals surface area (Å²) in [6.07, 6.45) is 3.82. The molecule has 1 N–H and O–H groups in total. The van der Waals surface area contributed by atoms with Crippen LogP contribution in [-0.2, 0) is 20.1 Å². The number of hydrogen-bond acceptors (Lipinski definition) is 2. The van der Waals surface area contributed by atoms with E-state index < -0.39 is 0 Å². The van der Waals surface area contributed by atoms with Crippen molar-refractivity contribution in [3.63, 3.8) is 0 Å². The molecule has 0 fully saturated rings. The van der Waals surface area contributed by atoms with Crippen LogP contribution in [0, 0.1) is 0 Å². The lowest BCUT2D eigenvalue weighted by Crippen LogP contribution is -2.12. The monoisotopic (exact) mass is 269 g/mol. The number of nitrogens with one attached hydrogen (secondary N) is 1. The summed E-state index contributed by atoms with van der Waals surface area (Å²) >= 11 is 12.0. The molecular weight excluding hydrogens is 257 g/mol. The minimum absolute atomic E-state index is 0.689. The van der Waals surface area contributed by atoms with E-state index in [1.54, 1.807) is 10.7 Å². The van der Waals surface area contributed by atoms with Gasteiger partial charge in [0.1, 0.15) is 0 Å². The Morgan fingerprint density at radius 3 is 2.82 bits per heavy atom. The van der Waals surface area contributed by atoms with Gasteiger partial charge in [0, 0.05) is 41.9 Å². The minimum Gasteiger partial charge on any atom is -0.308 e. The van der Waals surface area contributed by atoms with Crippen LogP contribution in [0.25, 0.3) is 0 Å². The fourth-order valence-electron chi connectivity index (χ4n) is 1.58. The number of rotatable bonds is 4. The zero-order valence-corrected chi connectivity index (χ0v) is 11.0. The lowest BCUT2D eigenvalue weighted by atomic mass is 10.2. The van der Waals surface area contributed by atoms with Crippen LogP contribution in [0.5, 0.6) is 0 Å². The maximum absolute atomic E-state index is 6.07. The summed E-state index contributed by atoms with van der Waals surface area (Å²) < 4.78 is 1.78. The molecule has 0 amide bonds. The molecule has 0 aliphatic rings. The lowest BCUT2D eigenvalue weighted by Gasteiger charge is -2.06. The molecule has 1 aromatic carbocycles. The van der Waals surface area contributed by atoms with Gasteiger partial charge in [-0.3, -0.25) is 4.68 Å². The number of aryl methyl sites for hydroxylation is 1. The van der Waals surface area contributed by atoms with Gasteiger partial charge in [0.25, 0.3) is 0 Å². The van der Waals surface area contributed by atoms with Gasteiger partial charge in [-0.1, -0.05) is 23.2 Å². The maximum atomic E-state index is 6.07. The second kappa shape index (κ2) is 5.54. The molecule has 0 spiro atoms. The Balaban J connectivity index is 1.91. The molecule has 1 aromatic heterocycles. The van der Waals surface area contributed by atoms with Crippen LogP contribution >= 0.6 is 23.2 Å². The molecule has 0 saturated carbocycles. The molecular formula is C12H13Cl2N3. The fraction of sp³-hybridized carbons (Fsp3) is 0.250. The molecule has 1 heterocycles. The largest absolute Gasteiger partial charge is 0.308 e. The van der Waals surface area contributed by atoms with Crippen LogP contribution in [0.4, 0.5) is 0 Å². The average molecular weight is 270 g/mol. The lowest BCUT2D eigenvalue weighted by molar-refractivity contribution is 0.692. The van der Waals surface area contributed by atoms with Crippen molar-refractivity contribution in [3.05, 3.63) is 51.8 Å². The van der Waals surface area contributed by atoms with Crippen molar-refractivity contribution in [2.24, 2.45) is 7.05 Å². The third-order valence-corrected chi connectivity index (χ3v) is 3.01. The SMILES string of the molecule is Cn1cc(CNCc2cc(Cl)ccc2Cl)cn1. The van der Waals surface area contributed by atoms with Gasteiger partial charge in [0.15, 0.2) is 0 Å². The molecule has 3 nitrogen and oxygen atoms in total. The zero-order valence-electron chi connectivity index (χ0n) is 9.45. The summed E-state index contributed by atoms with van der Waals surface area (Å²) in [7, 11) is 1.90. The predicted molar refractivity (Wildman–Crippen MR) is 70.2 cm³/mol. The van der Waals surface area contributed by atoms with E-state index in [0.717, 1.165) is 22.7 Å². The van der Waals surface area contributed by atoms with Crippen LogP contribution in [0.3, 0.4) is 0 Å². The van der Waals surface area contributed by atoms with E-state index >= 15 is 0 Å². The zero-order chi connectivity index (χ0) is 12.3. The molecule has 0 unspecified atom stereocenters. The van der Waals surface area contributed by atoms with E-state index in [9.17, 15) is 0 Å². The van der Waals surface area contributed by atoms with Crippen molar-refractivity contribution in [1.29, 1.82) is 0 Å². The third kappa shape index (κ3) is 3.46. The van der Waals surface area contributed by atoms with Gasteiger partial charge in [0.05, 0.1) is 6.20 Å². The van der Waals surface area contributed by atoms with E-state index in [2.05, 4.69) is 10.4 Å². The molecule has 2 aromatic rings. The van der Waals surface area contributed by atoms with Crippen LogP contribution < -0.4 is 5.32 Å². The normalized spacial score (nSPS) is 10.8. The van der Waals surface area contributed by atoms with Crippen molar-refractivity contribution >= 4 is 23.2 Å². The molecule has 0 aliphatic heterocycles. The third-order valence-electron chi connectivity index (χ3n) is 2.41. The molecule has 5 heteroatoms. The molecule has 0 saturated heterocycles. The van der Waals surface area contributed by atoms with Gasteiger partial charge < -0.3 is 5.32 Å². The Kier molecular flexibility index (Phi) is 4.05. The van der Waals surface area contributed by atoms with Crippen molar-refractivity contribution in [1.82, 2.24) is 15.1 Å². The molecule has 0 aliphatic carbocycles. The number of aromatic nitrogens is 2. The number of halogens is 2. The Morgan fingerprint density at radius 2 is 2.12 bits per heavy atom. The Hall–Kier alpha value is -1.03. The van der Waals surface area contributed by atoms with Gasteiger partial charge in [-0.15, -0.1) is 0 Å². The fourth-order valence-corrected chi connectivity index (χ4v) is 1.96. The molecule has 0 radical (unpaired) electrons. The average Bonchev–Trinajstić information content (AvgIpc) is 2.69. The predicted octanol–water partition coefficient (Wildman–Crippen LogP) is 3.02. The van der Waals surface area contributed by atoms with Crippen molar-refractivity contribution in [3.8, 4) is 0 Å². The maximum Gasteiger partial charge on any atom is 0.0534 e. The molecule has 0 bridgehead atoms. The van der Waals surface area contributed by atoms with E-state index in [-0.39, 0.29) is 0 Å². The van der Waals surface area contributed by atoms with Gasteiger partial charge >= 0.3 is 0 Å². The first kappa shape index (κ1) is 12.4. The molecule has 0 atom stereocenters. The van der Waals surface area contributed by atoms with Crippen molar-refractivity contribution in [2.45, 2.75) is 13.1 Å². The highest BCUT2D eigenvalue weighted by Crippen LogP contribution is 2.20. The first-order valence-electron chi connectivity index (χ1n) is 5.27. The highest BCUT2D eigenvalue weighted by Gasteiger charge is 2.01. The summed E-state index contributed by atoms with van der Waals surface area (Å²) in [4.78, 5) is 0. The summed E-state index contributed by atoms with van der Waals surface area (Å²) in [6.45, 7) is 1.45. The van der Waals surface area contributed by atoms with Crippen molar-refractivity contribution < 1.29 is 0 Å². The summed E-state index contributed by atoms with van der Waals surface area (Å²) in [5, 5.41) is 8.84. The number of hydrogen-bond donors (Lipinski definition) is 1. The smallest absolute Gasteiger partial charge is 0.0534 e. The summed E-state index contributed by atoms with van der Waals surface area (Å²) in [6, 6.07) is 5.47. The van der Waals surface area contributed by atoms with Gasteiger partial charge in [-0.2, -0.15) is 5.10 Å². The Morgan fingerprint density at radius 1 is 1.29 bits per heavy atom. The van der Waals surface area contributed by atoms with Crippen LogP contribution in [0.1, 0.15) is 11.1 Å². The van der Waals surface area contributed by atoms with Gasteiger partial charge in [-0.25, -0.2) is 0 Å². The summed E-state index contributed by atoms with van der Waals surface area (Å²) in [5.41, 5.74) is 2.15. The first-order chi connectivity index (χ1) is 8.15. The van der Waals surface area contributed by atoms with Gasteiger partial charge in [0.2, 0.25) is 0 Å². The first-order valence-corrected chi connectivity index (χ1v) is 6.03. The highest BCUT2D eigenvalue weighted by atomic mass is 35.5. The topological polar surface area (TPSA) is 29.9 Å². The quantitative estimate of drug-likeness (QED) is 0.925. The van der Waals surface area contributed by atoms with E-state index in [1.165, 1.54) is 0 Å². The highest BCUT2D eigenvalue weighted by molar-refractivity contribution is 6.33. The Labute approximate surface area is 110 Å². The molecule has 17 heavy (non-hydrogen) atoms. The van der Waals surface area contributed by atoms with Crippen LogP contribution in [0.15, 0.2) is 30.6 Å². The van der Waals surface area contributed by atoms with Crippen LogP contribution in [0.2, 0.25) is 10.0 Å². The van der Waals surface area contributed by atoms with E-state index in [4.69, 9.17) is 23.2 Å². The van der Waals surface area contributed by atoms with Crippen LogP contribution in [-0.4, -0.2) is 9.78 Å². The standard InChI is InChI=1S/C12H13Cl2N3/c1-17-8-9(6-16-17)5-15-7-10-4-11(13)2-3-12(10)14/h2-4,6,8,15H,5,7H2,1H3. The minimum atomic E-state index is 0.689. The number of benzene rings is 1. The second-order valence-corrected chi connectivity index (χ2v) is 4.71. The van der Waals surface area contributed by atoms with E-state index in [0.29, 0.717) is 11.6 Å². The molecule has 2 rings (SSSR count). The van der Waals surface area contributed by atoms with E-state index in [1.807, 2.05) is 31.6 Å².